The molecule has 0 saturated carbocycles. The average molecular weight is 460 g/mol. The first-order valence-electron chi connectivity index (χ1n) is 10.3. The van der Waals surface area contributed by atoms with Crippen LogP contribution in [0.4, 0.5) is 15.9 Å². The van der Waals surface area contributed by atoms with Crippen molar-refractivity contribution in [1.29, 1.82) is 0 Å². The molecule has 1 aromatic carbocycles. The van der Waals surface area contributed by atoms with E-state index in [9.17, 15) is 0 Å². The van der Waals surface area contributed by atoms with E-state index >= 15 is 4.39 Å². The summed E-state index contributed by atoms with van der Waals surface area (Å²) in [7, 11) is 4.76. The Balaban J connectivity index is 1.65. The monoisotopic (exact) mass is 460 g/mol. The second-order valence-corrected chi connectivity index (χ2v) is 7.53. The van der Waals surface area contributed by atoms with E-state index in [1.807, 2.05) is 13.2 Å². The van der Waals surface area contributed by atoms with Gasteiger partial charge in [0.2, 0.25) is 0 Å². The molecule has 0 saturated heterocycles. The van der Waals surface area contributed by atoms with Crippen LogP contribution in [0.5, 0.6) is 11.5 Å². The van der Waals surface area contributed by atoms with Gasteiger partial charge in [0.15, 0.2) is 17.2 Å². The number of hydrogen-bond acceptors (Lipinski definition) is 8. The Kier molecular flexibility index (Phi) is 5.50. The first-order chi connectivity index (χ1) is 16.6. The van der Waals surface area contributed by atoms with Crippen molar-refractivity contribution in [1.82, 2.24) is 34.9 Å². The predicted molar refractivity (Wildman–Crippen MR) is 123 cm³/mol. The Morgan fingerprint density at radius 3 is 2.68 bits per heavy atom. The number of hydrogen-bond donors (Lipinski definition) is 1. The first-order valence-corrected chi connectivity index (χ1v) is 10.3. The normalized spacial score (nSPS) is 11.1. The highest BCUT2D eigenvalue weighted by molar-refractivity contribution is 5.77. The minimum absolute atomic E-state index is 0.0611. The molecule has 11 heteroatoms. The topological polar surface area (TPSA) is 107 Å². The molecule has 0 amide bonds. The zero-order valence-electron chi connectivity index (χ0n) is 18.7. The molecule has 0 radical (unpaired) electrons. The fraction of sp³-hybridized carbons (Fsp3) is 0.174. The number of H-pyrrole nitrogens is 1. The largest absolute Gasteiger partial charge is 0.497 e. The molecule has 0 aliphatic heterocycles. The number of nitrogens with one attached hydrogen (secondary N) is 1. The number of anilines is 2. The lowest BCUT2D eigenvalue weighted by atomic mass is 10.2. The minimum Gasteiger partial charge on any atom is -0.497 e. The lowest BCUT2D eigenvalue weighted by Crippen LogP contribution is -2.19. The van der Waals surface area contributed by atoms with Gasteiger partial charge < -0.3 is 14.4 Å². The van der Waals surface area contributed by atoms with E-state index in [0.717, 1.165) is 11.1 Å². The number of ether oxygens (including phenoxy) is 2. The highest BCUT2D eigenvalue weighted by atomic mass is 19.1. The summed E-state index contributed by atoms with van der Waals surface area (Å²) in [6, 6.07) is 6.66. The van der Waals surface area contributed by atoms with E-state index in [0.29, 0.717) is 28.4 Å². The number of aryl methyl sites for hydroxylation is 1. The van der Waals surface area contributed by atoms with Crippen LogP contribution in [-0.2, 0) is 13.6 Å². The summed E-state index contributed by atoms with van der Waals surface area (Å²) in [5, 5.41) is 11.0. The van der Waals surface area contributed by atoms with Crippen molar-refractivity contribution in [3.8, 4) is 22.8 Å². The van der Waals surface area contributed by atoms with Crippen LogP contribution in [-0.4, -0.2) is 49.1 Å². The predicted octanol–water partition coefficient (Wildman–Crippen LogP) is 3.64. The van der Waals surface area contributed by atoms with Gasteiger partial charge in [-0.05, 0) is 12.1 Å². The average Bonchev–Trinajstić information content (AvgIpc) is 3.54. The number of rotatable bonds is 7. The third kappa shape index (κ3) is 3.98. The van der Waals surface area contributed by atoms with Crippen LogP contribution in [0, 0.1) is 5.82 Å². The highest BCUT2D eigenvalue weighted by Gasteiger charge is 2.22. The van der Waals surface area contributed by atoms with Gasteiger partial charge in [0, 0.05) is 42.7 Å². The summed E-state index contributed by atoms with van der Waals surface area (Å²) in [5.41, 5.74) is 3.57. The van der Waals surface area contributed by atoms with E-state index in [-0.39, 0.29) is 18.0 Å². The Morgan fingerprint density at radius 2 is 1.97 bits per heavy atom. The summed E-state index contributed by atoms with van der Waals surface area (Å²) in [6.07, 6.45) is 8.65. The third-order valence-corrected chi connectivity index (χ3v) is 5.30. The fourth-order valence-corrected chi connectivity index (χ4v) is 3.59. The number of methoxy groups -OCH3 is 2. The van der Waals surface area contributed by atoms with Gasteiger partial charge in [-0.3, -0.25) is 14.8 Å². The van der Waals surface area contributed by atoms with Crippen molar-refractivity contribution in [2.45, 2.75) is 6.54 Å². The summed E-state index contributed by atoms with van der Waals surface area (Å²) in [4.78, 5) is 15.6. The maximum absolute atomic E-state index is 15.4. The van der Waals surface area contributed by atoms with Crippen molar-refractivity contribution in [2.24, 2.45) is 7.05 Å². The molecule has 0 bridgehead atoms. The Labute approximate surface area is 194 Å². The minimum atomic E-state index is -0.538. The van der Waals surface area contributed by atoms with Gasteiger partial charge in [0.1, 0.15) is 17.1 Å². The molecule has 0 aliphatic rings. The van der Waals surface area contributed by atoms with E-state index in [2.05, 4.69) is 25.3 Å². The second kappa shape index (κ2) is 8.77. The van der Waals surface area contributed by atoms with Crippen LogP contribution >= 0.6 is 0 Å². The number of aromatic nitrogens is 7. The van der Waals surface area contributed by atoms with Gasteiger partial charge in [-0.2, -0.15) is 10.2 Å². The molecule has 1 N–H and O–H groups in total. The van der Waals surface area contributed by atoms with Gasteiger partial charge in [-0.25, -0.2) is 14.4 Å². The zero-order chi connectivity index (χ0) is 23.7. The standard InChI is InChI=1S/C23H21FN8O2/c1-31-13-15(10-28-31)18-11-25-17-4-5-21(30-23(17)29-18)32(12-14-8-26-27-9-14)19-6-16(33-2)7-20(34-3)22(19)24/h4-11,13H,12H2,1-3H3,(H,26,27). The first kappa shape index (κ1) is 21.3. The number of pyridine rings is 1. The molecule has 4 heterocycles. The molecule has 0 aliphatic carbocycles. The molecule has 4 aromatic heterocycles. The molecular formula is C23H21FN8O2. The summed E-state index contributed by atoms with van der Waals surface area (Å²) in [6.45, 7) is 0.290. The number of nitrogens with zero attached hydrogens (tertiary/aromatic N) is 7. The van der Waals surface area contributed by atoms with Gasteiger partial charge in [-0.1, -0.05) is 0 Å². The van der Waals surface area contributed by atoms with Crippen molar-refractivity contribution >= 4 is 22.7 Å². The SMILES string of the molecule is COc1cc(OC)c(F)c(N(Cc2cn[nH]c2)c2ccc3ncc(-c4cnn(C)c4)nc3n2)c1. The maximum Gasteiger partial charge on any atom is 0.188 e. The molecule has 0 unspecified atom stereocenters. The molecule has 0 fully saturated rings. The van der Waals surface area contributed by atoms with E-state index in [1.54, 1.807) is 52.6 Å². The Hall–Kier alpha value is -4.54. The molecule has 0 atom stereocenters. The lowest BCUT2D eigenvalue weighted by molar-refractivity contribution is 0.374. The van der Waals surface area contributed by atoms with E-state index in [1.165, 1.54) is 20.3 Å². The van der Waals surface area contributed by atoms with Crippen molar-refractivity contribution in [3.05, 3.63) is 66.6 Å². The van der Waals surface area contributed by atoms with Crippen LogP contribution in [0.25, 0.3) is 22.4 Å². The molecule has 10 nitrogen and oxygen atoms in total. The van der Waals surface area contributed by atoms with Gasteiger partial charge in [0.25, 0.3) is 0 Å². The Bertz CT molecular complexity index is 1450. The van der Waals surface area contributed by atoms with Crippen LogP contribution < -0.4 is 14.4 Å². The van der Waals surface area contributed by atoms with E-state index < -0.39 is 5.82 Å². The van der Waals surface area contributed by atoms with Gasteiger partial charge >= 0.3 is 0 Å². The smallest absolute Gasteiger partial charge is 0.188 e. The number of halogens is 1. The molecule has 5 aromatic rings. The van der Waals surface area contributed by atoms with E-state index in [4.69, 9.17) is 14.5 Å². The number of aromatic amines is 1. The summed E-state index contributed by atoms with van der Waals surface area (Å²) in [5.74, 6) is 0.445. The second-order valence-electron chi connectivity index (χ2n) is 7.53. The van der Waals surface area contributed by atoms with Crippen molar-refractivity contribution in [2.75, 3.05) is 19.1 Å². The van der Waals surface area contributed by atoms with Crippen molar-refractivity contribution < 1.29 is 13.9 Å². The fourth-order valence-electron chi connectivity index (χ4n) is 3.59. The number of benzene rings is 1. The van der Waals surface area contributed by atoms with Crippen LogP contribution in [0.3, 0.4) is 0 Å². The van der Waals surface area contributed by atoms with Crippen LogP contribution in [0.1, 0.15) is 5.56 Å². The third-order valence-electron chi connectivity index (χ3n) is 5.30. The molecule has 0 spiro atoms. The quantitative estimate of drug-likeness (QED) is 0.392. The highest BCUT2D eigenvalue weighted by Crippen LogP contribution is 2.37. The summed E-state index contributed by atoms with van der Waals surface area (Å²) < 4.78 is 27.7. The molecule has 172 valence electrons. The van der Waals surface area contributed by atoms with Gasteiger partial charge in [-0.15, -0.1) is 0 Å². The van der Waals surface area contributed by atoms with Gasteiger partial charge in [0.05, 0.1) is 50.7 Å². The summed E-state index contributed by atoms with van der Waals surface area (Å²) >= 11 is 0. The molecule has 34 heavy (non-hydrogen) atoms. The van der Waals surface area contributed by atoms with Crippen LogP contribution in [0.2, 0.25) is 0 Å². The molecular weight excluding hydrogens is 439 g/mol. The van der Waals surface area contributed by atoms with Crippen LogP contribution in [0.15, 0.2) is 55.2 Å². The van der Waals surface area contributed by atoms with Crippen molar-refractivity contribution in [3.63, 3.8) is 0 Å². The lowest BCUT2D eigenvalue weighted by Gasteiger charge is -2.25. The maximum atomic E-state index is 15.4. The molecule has 5 rings (SSSR count). The zero-order valence-corrected chi connectivity index (χ0v) is 18.7. The number of fused-ring (bicyclic) bond motifs is 1. The Morgan fingerprint density at radius 1 is 1.09 bits per heavy atom.